The summed E-state index contributed by atoms with van der Waals surface area (Å²) in [6.07, 6.45) is -0.182. The van der Waals surface area contributed by atoms with Gasteiger partial charge in [-0.1, -0.05) is 43.7 Å². The number of hydrogen-bond acceptors (Lipinski definition) is 2. The molecule has 0 saturated carbocycles. The third kappa shape index (κ3) is 2.58. The van der Waals surface area contributed by atoms with Crippen molar-refractivity contribution in [2.24, 2.45) is 5.41 Å². The van der Waals surface area contributed by atoms with E-state index < -0.39 is 0 Å². The van der Waals surface area contributed by atoms with Gasteiger partial charge in [-0.2, -0.15) is 0 Å². The minimum Gasteiger partial charge on any atom is -0.348 e. The quantitative estimate of drug-likeness (QED) is 0.703. The summed E-state index contributed by atoms with van der Waals surface area (Å²) in [5, 5.41) is 0. The normalized spacial score (nSPS) is 21.5. The Kier molecular flexibility index (Phi) is 2.81. The maximum absolute atomic E-state index is 5.70. The molecule has 0 aliphatic carbocycles. The van der Waals surface area contributed by atoms with Crippen molar-refractivity contribution < 1.29 is 9.47 Å². The van der Waals surface area contributed by atoms with E-state index in [-0.39, 0.29) is 11.7 Å². The highest BCUT2D eigenvalue weighted by Gasteiger charge is 2.28. The van der Waals surface area contributed by atoms with Gasteiger partial charge in [0.2, 0.25) is 0 Å². The predicted octanol–water partition coefficient (Wildman–Crippen LogP) is 3.07. The summed E-state index contributed by atoms with van der Waals surface area (Å²) in [7, 11) is 0. The average molecular weight is 206 g/mol. The highest BCUT2D eigenvalue weighted by molar-refractivity contribution is 5.22. The van der Waals surface area contributed by atoms with Crippen LogP contribution in [0.15, 0.2) is 24.3 Å². The molecule has 1 heterocycles. The van der Waals surface area contributed by atoms with Gasteiger partial charge in [-0.3, -0.25) is 0 Å². The van der Waals surface area contributed by atoms with E-state index in [1.54, 1.807) is 0 Å². The largest absolute Gasteiger partial charge is 0.348 e. The lowest BCUT2D eigenvalue weighted by molar-refractivity contribution is -0.226. The molecule has 2 nitrogen and oxygen atoms in total. The lowest BCUT2D eigenvalue weighted by Crippen LogP contribution is -2.33. The van der Waals surface area contributed by atoms with E-state index in [1.165, 1.54) is 5.56 Å². The van der Waals surface area contributed by atoms with E-state index in [0.29, 0.717) is 0 Å². The molecule has 0 N–H and O–H groups in total. The molecular weight excluding hydrogens is 188 g/mol. The van der Waals surface area contributed by atoms with Gasteiger partial charge in [0.15, 0.2) is 6.29 Å². The van der Waals surface area contributed by atoms with Crippen LogP contribution in [0.25, 0.3) is 0 Å². The molecule has 0 radical (unpaired) electrons. The molecule has 1 aromatic carbocycles. The lowest BCUT2D eigenvalue weighted by atomic mass is 9.95. The Labute approximate surface area is 91.2 Å². The van der Waals surface area contributed by atoms with E-state index in [9.17, 15) is 0 Å². The molecule has 1 saturated heterocycles. The Morgan fingerprint density at radius 2 is 1.60 bits per heavy atom. The Hall–Kier alpha value is -0.860. The zero-order valence-corrected chi connectivity index (χ0v) is 9.62. The van der Waals surface area contributed by atoms with Crippen molar-refractivity contribution in [2.45, 2.75) is 27.1 Å². The fourth-order valence-corrected chi connectivity index (χ4v) is 1.61. The molecule has 0 amide bonds. The van der Waals surface area contributed by atoms with Gasteiger partial charge in [0.1, 0.15) is 0 Å². The van der Waals surface area contributed by atoms with Crippen LogP contribution in [-0.4, -0.2) is 13.2 Å². The van der Waals surface area contributed by atoms with Crippen LogP contribution in [0.1, 0.15) is 31.3 Å². The summed E-state index contributed by atoms with van der Waals surface area (Å²) < 4.78 is 11.4. The Morgan fingerprint density at radius 3 is 2.13 bits per heavy atom. The second kappa shape index (κ2) is 3.95. The summed E-state index contributed by atoms with van der Waals surface area (Å²) in [5.74, 6) is 0. The number of rotatable bonds is 1. The van der Waals surface area contributed by atoms with E-state index in [1.807, 2.05) is 0 Å². The van der Waals surface area contributed by atoms with Crippen molar-refractivity contribution in [3.8, 4) is 0 Å². The summed E-state index contributed by atoms with van der Waals surface area (Å²) in [4.78, 5) is 0. The summed E-state index contributed by atoms with van der Waals surface area (Å²) in [6.45, 7) is 7.89. The van der Waals surface area contributed by atoms with Crippen molar-refractivity contribution in [1.29, 1.82) is 0 Å². The Morgan fingerprint density at radius 1 is 1.07 bits per heavy atom. The van der Waals surface area contributed by atoms with Gasteiger partial charge >= 0.3 is 0 Å². The van der Waals surface area contributed by atoms with Crippen LogP contribution in [0.5, 0.6) is 0 Å². The van der Waals surface area contributed by atoms with Gasteiger partial charge in [-0.25, -0.2) is 0 Å². The molecule has 0 aromatic heterocycles. The van der Waals surface area contributed by atoms with Crippen molar-refractivity contribution >= 4 is 0 Å². The van der Waals surface area contributed by atoms with Crippen LogP contribution < -0.4 is 0 Å². The molecule has 15 heavy (non-hydrogen) atoms. The SMILES string of the molecule is Cc1ccc(C2OCC(C)(C)CO2)cc1. The molecule has 1 aliphatic heterocycles. The van der Waals surface area contributed by atoms with Crippen molar-refractivity contribution in [3.63, 3.8) is 0 Å². The topological polar surface area (TPSA) is 18.5 Å². The van der Waals surface area contributed by atoms with E-state index >= 15 is 0 Å². The maximum atomic E-state index is 5.70. The fourth-order valence-electron chi connectivity index (χ4n) is 1.61. The number of aryl methyl sites for hydroxylation is 1. The molecule has 1 aromatic rings. The molecule has 0 unspecified atom stereocenters. The highest BCUT2D eigenvalue weighted by atomic mass is 16.7. The standard InChI is InChI=1S/C13H18O2/c1-10-4-6-11(7-5-10)12-14-8-13(2,3)9-15-12/h4-7,12H,8-9H2,1-3H3. The average Bonchev–Trinajstić information content (AvgIpc) is 2.20. The van der Waals surface area contributed by atoms with Gasteiger partial charge in [0.05, 0.1) is 13.2 Å². The second-order valence-electron chi connectivity index (χ2n) is 5.03. The third-order valence-corrected chi connectivity index (χ3v) is 2.60. The molecular formula is C13H18O2. The van der Waals surface area contributed by atoms with Gasteiger partial charge in [0, 0.05) is 11.0 Å². The van der Waals surface area contributed by atoms with Crippen molar-refractivity contribution in [3.05, 3.63) is 35.4 Å². The van der Waals surface area contributed by atoms with Crippen LogP contribution in [0.2, 0.25) is 0 Å². The van der Waals surface area contributed by atoms with Gasteiger partial charge in [-0.15, -0.1) is 0 Å². The van der Waals surface area contributed by atoms with E-state index in [2.05, 4.69) is 45.0 Å². The van der Waals surface area contributed by atoms with Crippen LogP contribution in [0.3, 0.4) is 0 Å². The number of hydrogen-bond donors (Lipinski definition) is 0. The number of benzene rings is 1. The van der Waals surface area contributed by atoms with E-state index in [0.717, 1.165) is 18.8 Å². The molecule has 0 bridgehead atoms. The van der Waals surface area contributed by atoms with Crippen molar-refractivity contribution in [1.82, 2.24) is 0 Å². The highest BCUT2D eigenvalue weighted by Crippen LogP contribution is 2.30. The maximum Gasteiger partial charge on any atom is 0.183 e. The first-order chi connectivity index (χ1) is 7.07. The van der Waals surface area contributed by atoms with Crippen LogP contribution in [-0.2, 0) is 9.47 Å². The Balaban J connectivity index is 2.04. The monoisotopic (exact) mass is 206 g/mol. The first-order valence-corrected chi connectivity index (χ1v) is 5.37. The third-order valence-electron chi connectivity index (χ3n) is 2.60. The summed E-state index contributed by atoms with van der Waals surface area (Å²) in [5.41, 5.74) is 2.51. The van der Waals surface area contributed by atoms with Crippen LogP contribution in [0, 0.1) is 12.3 Å². The molecule has 82 valence electrons. The predicted molar refractivity (Wildman–Crippen MR) is 59.6 cm³/mol. The minimum atomic E-state index is -0.182. The van der Waals surface area contributed by atoms with Gasteiger partial charge < -0.3 is 9.47 Å². The smallest absolute Gasteiger partial charge is 0.183 e. The summed E-state index contributed by atoms with van der Waals surface area (Å²) in [6, 6.07) is 8.31. The zero-order valence-electron chi connectivity index (χ0n) is 9.62. The minimum absolute atomic E-state index is 0.140. The van der Waals surface area contributed by atoms with Gasteiger partial charge in [0.25, 0.3) is 0 Å². The molecule has 1 fully saturated rings. The van der Waals surface area contributed by atoms with Crippen molar-refractivity contribution in [2.75, 3.05) is 13.2 Å². The number of ether oxygens (including phenoxy) is 2. The van der Waals surface area contributed by atoms with Crippen LogP contribution in [0.4, 0.5) is 0 Å². The fraction of sp³-hybridized carbons (Fsp3) is 0.538. The molecule has 2 heteroatoms. The zero-order chi connectivity index (χ0) is 10.9. The molecule has 2 rings (SSSR count). The Bertz CT molecular complexity index is 317. The summed E-state index contributed by atoms with van der Waals surface area (Å²) >= 11 is 0. The molecule has 1 aliphatic rings. The first kappa shape index (κ1) is 10.7. The molecule has 0 spiro atoms. The second-order valence-corrected chi connectivity index (χ2v) is 5.03. The van der Waals surface area contributed by atoms with Gasteiger partial charge in [-0.05, 0) is 6.92 Å². The van der Waals surface area contributed by atoms with Crippen LogP contribution >= 0.6 is 0 Å². The van der Waals surface area contributed by atoms with E-state index in [4.69, 9.17) is 9.47 Å². The first-order valence-electron chi connectivity index (χ1n) is 5.37. The lowest BCUT2D eigenvalue weighted by Gasteiger charge is -2.34. The molecule has 0 atom stereocenters.